The second kappa shape index (κ2) is 9.18. The molecule has 0 saturated carbocycles. The molecule has 206 valence electrons. The van der Waals surface area contributed by atoms with E-state index < -0.39 is 11.1 Å². The van der Waals surface area contributed by atoms with E-state index in [1.54, 1.807) is 18.3 Å². The van der Waals surface area contributed by atoms with E-state index in [-0.39, 0.29) is 0 Å². The van der Waals surface area contributed by atoms with Gasteiger partial charge in [-0.3, -0.25) is 14.6 Å². The lowest BCUT2D eigenvalue weighted by molar-refractivity contribution is 0.993. The maximum Gasteiger partial charge on any atom is 0.267 e. The molecule has 0 bridgehead atoms. The van der Waals surface area contributed by atoms with Crippen molar-refractivity contribution in [2.45, 2.75) is 0 Å². The van der Waals surface area contributed by atoms with Crippen molar-refractivity contribution in [1.82, 2.24) is 19.1 Å². The summed E-state index contributed by atoms with van der Waals surface area (Å²) in [6.07, 6.45) is 1.67. The van der Waals surface area contributed by atoms with Gasteiger partial charge >= 0.3 is 0 Å². The van der Waals surface area contributed by atoms with Gasteiger partial charge < -0.3 is 4.57 Å². The van der Waals surface area contributed by atoms with Gasteiger partial charge in [0.15, 0.2) is 0 Å². The average molecular weight is 567 g/mol. The topological polar surface area (TPSA) is 69.8 Å². The normalized spacial score (nSPS) is 11.8. The quantitative estimate of drug-likeness (QED) is 0.201. The highest BCUT2D eigenvalue weighted by molar-refractivity contribution is 6.24. The molecule has 0 aliphatic rings. The fourth-order valence-electron chi connectivity index (χ4n) is 6.71. The molecule has 4 heterocycles. The molecular formula is C38H22N4O2. The van der Waals surface area contributed by atoms with Crippen LogP contribution in [0.3, 0.4) is 0 Å². The van der Waals surface area contributed by atoms with E-state index in [0.29, 0.717) is 38.4 Å². The first-order valence-electron chi connectivity index (χ1n) is 14.4. The lowest BCUT2D eigenvalue weighted by Gasteiger charge is -2.12. The van der Waals surface area contributed by atoms with E-state index in [4.69, 9.17) is 9.97 Å². The lowest BCUT2D eigenvalue weighted by atomic mass is 10.0. The Morgan fingerprint density at radius 3 is 1.84 bits per heavy atom. The summed E-state index contributed by atoms with van der Waals surface area (Å²) in [6, 6.07) is 41.0. The molecule has 0 aliphatic carbocycles. The van der Waals surface area contributed by atoms with Gasteiger partial charge in [-0.05, 0) is 54.6 Å². The van der Waals surface area contributed by atoms with Crippen LogP contribution in [0, 0.1) is 0 Å². The second-order valence-corrected chi connectivity index (χ2v) is 10.9. The van der Waals surface area contributed by atoms with E-state index in [1.807, 2.05) is 97.1 Å². The number of nitrogens with zero attached hydrogens (tertiary/aromatic N) is 4. The third-order valence-electron chi connectivity index (χ3n) is 8.55. The van der Waals surface area contributed by atoms with Crippen LogP contribution in [-0.4, -0.2) is 19.1 Å². The number of rotatable bonds is 2. The monoisotopic (exact) mass is 566 g/mol. The molecule has 0 aliphatic heterocycles. The van der Waals surface area contributed by atoms with Crippen LogP contribution in [0.25, 0.3) is 76.7 Å². The predicted molar refractivity (Wildman–Crippen MR) is 178 cm³/mol. The first-order valence-corrected chi connectivity index (χ1v) is 14.4. The van der Waals surface area contributed by atoms with Gasteiger partial charge in [-0.15, -0.1) is 0 Å². The number of fused-ring (bicyclic) bond motifs is 9. The summed E-state index contributed by atoms with van der Waals surface area (Å²) in [7, 11) is 0. The Bertz CT molecular complexity index is 2710. The molecular weight excluding hydrogens is 544 g/mol. The summed E-state index contributed by atoms with van der Waals surface area (Å²) >= 11 is 0. The van der Waals surface area contributed by atoms with Crippen LogP contribution in [0.5, 0.6) is 0 Å². The zero-order valence-corrected chi connectivity index (χ0v) is 23.3. The molecule has 0 N–H and O–H groups in total. The summed E-state index contributed by atoms with van der Waals surface area (Å²) in [5, 5.41) is 4.60. The van der Waals surface area contributed by atoms with Gasteiger partial charge in [-0.25, -0.2) is 9.55 Å². The SMILES string of the molecule is O=c1c2cccnc2c2ccc3c(c4ccccc4n3-c3ccccc3)c2c(=O)n1-c1c2ccccc2nc2ccccc12. The Hall–Kier alpha value is -6.14. The summed E-state index contributed by atoms with van der Waals surface area (Å²) in [5.74, 6) is 0. The molecule has 0 spiro atoms. The van der Waals surface area contributed by atoms with E-state index in [0.717, 1.165) is 38.3 Å². The molecule has 9 aromatic rings. The third kappa shape index (κ3) is 3.30. The zero-order chi connectivity index (χ0) is 29.4. The minimum Gasteiger partial charge on any atom is -0.309 e. The maximum absolute atomic E-state index is 15.3. The minimum absolute atomic E-state index is 0.371. The van der Waals surface area contributed by atoms with Gasteiger partial charge in [0, 0.05) is 38.8 Å². The second-order valence-electron chi connectivity index (χ2n) is 10.9. The molecule has 0 saturated heterocycles. The van der Waals surface area contributed by atoms with Crippen molar-refractivity contribution >= 4 is 65.3 Å². The average Bonchev–Trinajstić information content (AvgIpc) is 3.38. The third-order valence-corrected chi connectivity index (χ3v) is 8.55. The molecule has 9 rings (SSSR count). The number of benzene rings is 5. The summed E-state index contributed by atoms with van der Waals surface area (Å²) < 4.78 is 3.53. The van der Waals surface area contributed by atoms with Gasteiger partial charge in [0.05, 0.1) is 44.0 Å². The smallest absolute Gasteiger partial charge is 0.267 e. The molecule has 5 aromatic carbocycles. The van der Waals surface area contributed by atoms with Crippen LogP contribution < -0.4 is 11.1 Å². The van der Waals surface area contributed by atoms with Gasteiger partial charge in [0.1, 0.15) is 0 Å². The maximum atomic E-state index is 15.3. The van der Waals surface area contributed by atoms with E-state index in [2.05, 4.69) is 22.8 Å². The van der Waals surface area contributed by atoms with Crippen molar-refractivity contribution in [3.63, 3.8) is 0 Å². The Kier molecular flexibility index (Phi) is 5.10. The van der Waals surface area contributed by atoms with E-state index in [9.17, 15) is 4.79 Å². The fraction of sp³-hybridized carbons (Fsp3) is 0. The van der Waals surface area contributed by atoms with Crippen LogP contribution in [0.1, 0.15) is 0 Å². The highest BCUT2D eigenvalue weighted by Crippen LogP contribution is 2.37. The molecule has 0 atom stereocenters. The Morgan fingerprint density at radius 1 is 0.455 bits per heavy atom. The van der Waals surface area contributed by atoms with Gasteiger partial charge in [-0.2, -0.15) is 0 Å². The Balaban J connectivity index is 1.61. The summed E-state index contributed by atoms with van der Waals surface area (Å²) in [6.45, 7) is 0. The van der Waals surface area contributed by atoms with Crippen molar-refractivity contribution in [2.24, 2.45) is 0 Å². The predicted octanol–water partition coefficient (Wildman–Crippen LogP) is 7.70. The van der Waals surface area contributed by atoms with E-state index in [1.165, 1.54) is 4.57 Å². The van der Waals surface area contributed by atoms with Crippen LogP contribution in [0.4, 0.5) is 0 Å². The number of hydrogen-bond donors (Lipinski definition) is 0. The van der Waals surface area contributed by atoms with Gasteiger partial charge in [0.25, 0.3) is 11.1 Å². The van der Waals surface area contributed by atoms with Crippen molar-refractivity contribution in [2.75, 3.05) is 0 Å². The molecule has 0 unspecified atom stereocenters. The Morgan fingerprint density at radius 2 is 1.09 bits per heavy atom. The number of hydrogen-bond acceptors (Lipinski definition) is 4. The van der Waals surface area contributed by atoms with Crippen LogP contribution in [0.2, 0.25) is 0 Å². The highest BCUT2D eigenvalue weighted by Gasteiger charge is 2.22. The molecule has 0 radical (unpaired) electrons. The van der Waals surface area contributed by atoms with Gasteiger partial charge in [-0.1, -0.05) is 72.8 Å². The molecule has 0 amide bonds. The van der Waals surface area contributed by atoms with Crippen LogP contribution >= 0.6 is 0 Å². The van der Waals surface area contributed by atoms with Crippen molar-refractivity contribution in [1.29, 1.82) is 0 Å². The fourth-order valence-corrected chi connectivity index (χ4v) is 6.71. The molecule has 6 heteroatoms. The molecule has 6 nitrogen and oxygen atoms in total. The minimum atomic E-state index is -0.421. The standard InChI is InChI=1S/C38H22N4O2/c43-37-28-16-10-22-39-35(28)27-20-21-32-33(26-15-6-9-19-31(26)41(32)23-11-2-1-3-12-23)34(27)38(44)42(37)36-24-13-4-7-17-29(24)40-30-18-8-5-14-25(30)36/h1-22H. The molecule has 0 fully saturated rings. The summed E-state index contributed by atoms with van der Waals surface area (Å²) in [4.78, 5) is 39.5. The van der Waals surface area contributed by atoms with Crippen molar-refractivity contribution < 1.29 is 0 Å². The summed E-state index contributed by atoms with van der Waals surface area (Å²) in [5.41, 5.74) is 4.43. The lowest BCUT2D eigenvalue weighted by Crippen LogP contribution is -2.29. The molecule has 44 heavy (non-hydrogen) atoms. The first kappa shape index (κ1) is 24.5. The van der Waals surface area contributed by atoms with Crippen LogP contribution in [-0.2, 0) is 0 Å². The number of aromatic nitrogens is 4. The van der Waals surface area contributed by atoms with E-state index >= 15 is 4.79 Å². The van der Waals surface area contributed by atoms with Gasteiger partial charge in [0.2, 0.25) is 0 Å². The van der Waals surface area contributed by atoms with Crippen molar-refractivity contribution in [3.05, 3.63) is 154 Å². The zero-order valence-electron chi connectivity index (χ0n) is 23.3. The van der Waals surface area contributed by atoms with Crippen molar-refractivity contribution in [3.8, 4) is 11.4 Å². The molecule has 4 aromatic heterocycles. The highest BCUT2D eigenvalue weighted by atomic mass is 16.2. The van der Waals surface area contributed by atoms with Crippen LogP contribution in [0.15, 0.2) is 143 Å². The number of pyridine rings is 2. The largest absolute Gasteiger partial charge is 0.309 e. The Labute approximate surface area is 249 Å². The number of para-hydroxylation sites is 4. The first-order chi connectivity index (χ1) is 21.7.